The highest BCUT2D eigenvalue weighted by molar-refractivity contribution is 6.17. The number of carbonyl (C=O) groups is 2. The van der Waals surface area contributed by atoms with E-state index in [0.29, 0.717) is 50.0 Å². The van der Waals surface area contributed by atoms with Crippen LogP contribution in [-0.4, -0.2) is 68.9 Å². The average Bonchev–Trinajstić information content (AvgIpc) is 3.43. The van der Waals surface area contributed by atoms with E-state index in [-0.39, 0.29) is 11.5 Å². The molecule has 3 aromatic carbocycles. The quantitative estimate of drug-likeness (QED) is 0.0606. The van der Waals surface area contributed by atoms with Crippen LogP contribution in [0, 0.1) is 0 Å². The molecule has 9 heteroatoms. The molecule has 0 bridgehead atoms. The van der Waals surface area contributed by atoms with Crippen molar-refractivity contribution in [1.29, 1.82) is 0 Å². The minimum atomic E-state index is -1.03. The zero-order valence-electron chi connectivity index (χ0n) is 34.4. The van der Waals surface area contributed by atoms with Crippen molar-refractivity contribution in [3.63, 3.8) is 0 Å². The molecule has 3 aromatic rings. The van der Waals surface area contributed by atoms with Crippen molar-refractivity contribution >= 4 is 41.3 Å². The van der Waals surface area contributed by atoms with Crippen LogP contribution < -0.4 is 25.4 Å². The maximum absolute atomic E-state index is 13.7. The molecule has 0 spiro atoms. The van der Waals surface area contributed by atoms with E-state index < -0.39 is 5.97 Å². The zero-order valence-corrected chi connectivity index (χ0v) is 35.1. The third-order valence-corrected chi connectivity index (χ3v) is 12.0. The number of halogens is 1. The Morgan fingerprint density at radius 3 is 2.42 bits per heavy atom. The molecule has 0 saturated carbocycles. The molecule has 2 N–H and O–H groups in total. The Morgan fingerprint density at radius 2 is 1.63 bits per heavy atom. The molecule has 8 nitrogen and oxygen atoms in total. The summed E-state index contributed by atoms with van der Waals surface area (Å²) in [5, 5.41) is 15.7. The number of carboxylic acids is 1. The smallest absolute Gasteiger partial charge is 0.336 e. The van der Waals surface area contributed by atoms with Crippen molar-refractivity contribution < 1.29 is 28.9 Å². The lowest BCUT2D eigenvalue weighted by Gasteiger charge is -2.35. The first-order chi connectivity index (χ1) is 27.9. The standard InChI is InChI=1S/C48H63ClN2O6/c1-4-6-10-16-34-30-41-43(40-32-36(20-21-38(40)48(53)54)47(52)50-23-27-56-29-28-55-26-14-9-8-12-22-49)42-31-35-17-11-13-24-51-25-15-19-39(44(35)51)46(42)57-45(41)37(33(34)3)18-7-5-2/h20-21,30-32H,3-19,22-29H2,1-2H3,(H,50,52)(H,53,54). The molecule has 0 saturated heterocycles. The number of nitrogens with zero attached hydrogens (tertiary/aromatic N) is 1. The maximum Gasteiger partial charge on any atom is 0.336 e. The van der Waals surface area contributed by atoms with Gasteiger partial charge in [-0.05, 0) is 123 Å². The fourth-order valence-corrected chi connectivity index (χ4v) is 8.94. The lowest BCUT2D eigenvalue weighted by molar-refractivity contribution is 0.0468. The number of nitrogens with one attached hydrogen (secondary N) is 1. The second-order valence-electron chi connectivity index (χ2n) is 15.8. The molecule has 308 valence electrons. The molecule has 6 rings (SSSR count). The molecule has 57 heavy (non-hydrogen) atoms. The molecule has 3 aliphatic rings. The summed E-state index contributed by atoms with van der Waals surface area (Å²) in [6.07, 6.45) is 16.5. The molecular formula is C48H63ClN2O6. The molecule has 0 aromatic heterocycles. The number of unbranched alkanes of at least 4 members (excludes halogenated alkanes) is 6. The summed E-state index contributed by atoms with van der Waals surface area (Å²) in [5.41, 5.74) is 8.95. The summed E-state index contributed by atoms with van der Waals surface area (Å²) in [5.74, 6) is 1.02. The van der Waals surface area contributed by atoms with Crippen molar-refractivity contribution in [3.8, 4) is 11.5 Å². The Labute approximate surface area is 344 Å². The zero-order chi connectivity index (χ0) is 40.1. The van der Waals surface area contributed by atoms with Gasteiger partial charge in [0.2, 0.25) is 0 Å². The summed E-state index contributed by atoms with van der Waals surface area (Å²) in [7, 11) is 0. The van der Waals surface area contributed by atoms with E-state index in [1.165, 1.54) is 22.4 Å². The largest absolute Gasteiger partial charge is 0.478 e. The highest BCUT2D eigenvalue weighted by Gasteiger charge is 2.34. The normalized spacial score (nSPS) is 14.4. The molecule has 0 fully saturated rings. The van der Waals surface area contributed by atoms with Crippen LogP contribution >= 0.6 is 11.6 Å². The second kappa shape index (κ2) is 21.2. The number of aryl methyl sites for hydroxylation is 2. The van der Waals surface area contributed by atoms with Gasteiger partial charge in [0.1, 0.15) is 11.5 Å². The van der Waals surface area contributed by atoms with Crippen molar-refractivity contribution in [2.24, 2.45) is 0 Å². The Kier molecular flexibility index (Phi) is 15.9. The highest BCUT2D eigenvalue weighted by atomic mass is 35.5. The first-order valence-corrected chi connectivity index (χ1v) is 22.3. The topological polar surface area (TPSA) is 97.3 Å². The van der Waals surface area contributed by atoms with Gasteiger partial charge in [0.05, 0.1) is 25.4 Å². The molecular weight excluding hydrogens is 736 g/mol. The molecule has 3 aliphatic heterocycles. The van der Waals surface area contributed by atoms with Crippen LogP contribution in [0.5, 0.6) is 11.5 Å². The van der Waals surface area contributed by atoms with Gasteiger partial charge in [-0.3, -0.25) is 4.79 Å². The van der Waals surface area contributed by atoms with E-state index in [2.05, 4.69) is 42.8 Å². The van der Waals surface area contributed by atoms with Gasteiger partial charge in [0, 0.05) is 70.9 Å². The number of carboxylic acid groups (broad SMARTS) is 1. The number of rotatable bonds is 22. The van der Waals surface area contributed by atoms with Gasteiger partial charge < -0.3 is 29.5 Å². The van der Waals surface area contributed by atoms with Gasteiger partial charge in [-0.25, -0.2) is 4.79 Å². The molecule has 1 amide bonds. The molecule has 0 atom stereocenters. The fourth-order valence-electron chi connectivity index (χ4n) is 8.75. The Hall–Kier alpha value is -3.85. The minimum absolute atomic E-state index is 0.161. The van der Waals surface area contributed by atoms with Crippen LogP contribution in [0.15, 0.2) is 30.3 Å². The molecule has 3 heterocycles. The van der Waals surface area contributed by atoms with Gasteiger partial charge >= 0.3 is 5.97 Å². The highest BCUT2D eigenvalue weighted by Crippen LogP contribution is 2.48. The third-order valence-electron chi connectivity index (χ3n) is 11.7. The average molecular weight is 799 g/mol. The van der Waals surface area contributed by atoms with Gasteiger partial charge in [-0.1, -0.05) is 52.5 Å². The molecule has 0 unspecified atom stereocenters. The molecule has 0 radical (unpaired) electrons. The van der Waals surface area contributed by atoms with E-state index in [1.807, 2.05) is 0 Å². The van der Waals surface area contributed by atoms with Crippen LogP contribution in [0.25, 0.3) is 12.2 Å². The Bertz CT molecular complexity index is 1990. The van der Waals surface area contributed by atoms with Gasteiger partial charge in [-0.15, -0.1) is 11.6 Å². The predicted molar refractivity (Wildman–Crippen MR) is 231 cm³/mol. The summed E-state index contributed by atoms with van der Waals surface area (Å²) >= 11 is 5.75. The number of aromatic carboxylic acids is 1. The van der Waals surface area contributed by atoms with Gasteiger partial charge in [0.15, 0.2) is 0 Å². The summed E-state index contributed by atoms with van der Waals surface area (Å²) in [4.78, 5) is 29.4. The van der Waals surface area contributed by atoms with Gasteiger partial charge in [-0.2, -0.15) is 0 Å². The minimum Gasteiger partial charge on any atom is -0.478 e. The van der Waals surface area contributed by atoms with Crippen LogP contribution in [0.4, 0.5) is 5.69 Å². The van der Waals surface area contributed by atoms with Crippen molar-refractivity contribution in [2.75, 3.05) is 56.8 Å². The van der Waals surface area contributed by atoms with Crippen molar-refractivity contribution in [1.82, 2.24) is 5.32 Å². The number of hydrogen-bond donors (Lipinski definition) is 2. The number of benzene rings is 3. The number of anilines is 1. The Morgan fingerprint density at radius 1 is 0.842 bits per heavy atom. The van der Waals surface area contributed by atoms with Crippen LogP contribution in [0.1, 0.15) is 145 Å². The fraction of sp³-hybridized carbons (Fsp3) is 0.542. The monoisotopic (exact) mass is 798 g/mol. The lowest BCUT2D eigenvalue weighted by Crippen LogP contribution is -2.32. The van der Waals surface area contributed by atoms with E-state index in [4.69, 9.17) is 25.8 Å². The van der Waals surface area contributed by atoms with E-state index >= 15 is 0 Å². The first-order valence-electron chi connectivity index (χ1n) is 21.7. The summed E-state index contributed by atoms with van der Waals surface area (Å²) in [6.45, 7) is 13.5. The van der Waals surface area contributed by atoms with Crippen LogP contribution in [0.3, 0.4) is 0 Å². The van der Waals surface area contributed by atoms with E-state index in [0.717, 1.165) is 154 Å². The van der Waals surface area contributed by atoms with E-state index in [1.54, 1.807) is 18.2 Å². The molecule has 0 aliphatic carbocycles. The number of fused-ring (bicyclic) bond motifs is 3. The predicted octanol–water partition coefficient (Wildman–Crippen LogP) is 8.87. The summed E-state index contributed by atoms with van der Waals surface area (Å²) < 4.78 is 18.6. The SMILES string of the molecule is C=c1c(CCCCC)cc2c(c1CCCC)Oc1c(cc3c4c1CCCN4CCCC3)C=2c1cc(C(=O)NCCOCCOCCCCCCCl)ccc1C(=O)O. The maximum atomic E-state index is 13.7. The Balaban J connectivity index is 1.39. The lowest BCUT2D eigenvalue weighted by atomic mass is 9.82. The van der Waals surface area contributed by atoms with Gasteiger partial charge in [0.25, 0.3) is 5.91 Å². The number of alkyl halides is 1. The third kappa shape index (κ3) is 10.2. The van der Waals surface area contributed by atoms with Crippen LogP contribution in [-0.2, 0) is 35.2 Å². The van der Waals surface area contributed by atoms with Crippen molar-refractivity contribution in [2.45, 2.75) is 117 Å². The second-order valence-corrected chi connectivity index (χ2v) is 16.2. The number of carbonyl (C=O) groups excluding carboxylic acids is 1. The first kappa shape index (κ1) is 42.7. The van der Waals surface area contributed by atoms with Crippen molar-refractivity contribution in [3.05, 3.63) is 85.3 Å². The summed E-state index contributed by atoms with van der Waals surface area (Å²) in [6, 6.07) is 9.47. The van der Waals surface area contributed by atoms with Crippen LogP contribution in [0.2, 0.25) is 0 Å². The number of amides is 1. The van der Waals surface area contributed by atoms with E-state index in [9.17, 15) is 14.7 Å². The number of hydrogen-bond acceptors (Lipinski definition) is 6. The number of ether oxygens (including phenoxy) is 3.